The Morgan fingerprint density at radius 3 is 2.70 bits per heavy atom. The number of likely N-dealkylation sites (tertiary alicyclic amines) is 1. The molecule has 0 spiro atoms. The molecule has 6 nitrogen and oxygen atoms in total. The number of hydrogen-bond acceptors (Lipinski definition) is 2. The number of nitrogens with one attached hydrogen (secondary N) is 2. The van der Waals surface area contributed by atoms with Crippen molar-refractivity contribution < 1.29 is 9.59 Å². The Bertz CT molecular complexity index is 563. The van der Waals surface area contributed by atoms with Crippen molar-refractivity contribution >= 4 is 11.9 Å². The molecule has 1 aromatic heterocycles. The third kappa shape index (κ3) is 3.68. The first-order valence-electron chi connectivity index (χ1n) is 8.67. The molecule has 1 aliphatic heterocycles. The minimum Gasteiger partial charge on any atom is -0.366 e. The van der Waals surface area contributed by atoms with E-state index in [-0.39, 0.29) is 11.9 Å². The van der Waals surface area contributed by atoms with Crippen molar-refractivity contribution in [3.63, 3.8) is 0 Å². The maximum Gasteiger partial charge on any atom is 0.317 e. The molecule has 2 fully saturated rings. The fraction of sp³-hybridized carbons (Fsp3) is 0.647. The zero-order valence-electron chi connectivity index (χ0n) is 13.5. The van der Waals surface area contributed by atoms with E-state index in [0.29, 0.717) is 18.2 Å². The van der Waals surface area contributed by atoms with Crippen molar-refractivity contribution in [3.05, 3.63) is 23.5 Å². The van der Waals surface area contributed by atoms with Crippen molar-refractivity contribution in [2.75, 3.05) is 13.1 Å². The molecule has 4 N–H and O–H groups in total. The Hall–Kier alpha value is -1.98. The van der Waals surface area contributed by atoms with E-state index in [1.807, 2.05) is 4.90 Å². The maximum absolute atomic E-state index is 12.5. The van der Waals surface area contributed by atoms with Crippen LogP contribution in [0, 0.1) is 0 Å². The van der Waals surface area contributed by atoms with Crippen molar-refractivity contribution in [2.24, 2.45) is 5.73 Å². The lowest BCUT2D eigenvalue weighted by atomic mass is 9.92. The fourth-order valence-electron chi connectivity index (χ4n) is 3.85. The van der Waals surface area contributed by atoms with Crippen LogP contribution in [0.25, 0.3) is 0 Å². The van der Waals surface area contributed by atoms with E-state index in [1.54, 1.807) is 12.3 Å². The van der Waals surface area contributed by atoms with E-state index in [2.05, 4.69) is 10.3 Å². The van der Waals surface area contributed by atoms with Gasteiger partial charge in [0.2, 0.25) is 0 Å². The molecule has 1 aromatic rings. The van der Waals surface area contributed by atoms with E-state index in [0.717, 1.165) is 37.9 Å². The quantitative estimate of drug-likeness (QED) is 0.798. The Labute approximate surface area is 136 Å². The molecule has 0 bridgehead atoms. The predicted molar refractivity (Wildman–Crippen MR) is 88.3 cm³/mol. The number of urea groups is 1. The van der Waals surface area contributed by atoms with Gasteiger partial charge in [0.15, 0.2) is 0 Å². The molecule has 6 heteroatoms. The summed E-state index contributed by atoms with van der Waals surface area (Å²) in [6.45, 7) is 1.42. The zero-order chi connectivity index (χ0) is 16.2. The summed E-state index contributed by atoms with van der Waals surface area (Å²) in [7, 11) is 0. The van der Waals surface area contributed by atoms with Crippen molar-refractivity contribution in [2.45, 2.75) is 56.9 Å². The normalized spacial score (nSPS) is 22.8. The van der Waals surface area contributed by atoms with Crippen LogP contribution < -0.4 is 11.1 Å². The number of primary amides is 1. The smallest absolute Gasteiger partial charge is 0.317 e. The number of carbonyl (C=O) groups excluding carboxylic acids is 2. The Balaban J connectivity index is 1.62. The number of aromatic nitrogens is 1. The summed E-state index contributed by atoms with van der Waals surface area (Å²) in [5.74, 6) is -0.261. The first-order valence-corrected chi connectivity index (χ1v) is 8.67. The Kier molecular flexibility index (Phi) is 4.88. The molecule has 23 heavy (non-hydrogen) atoms. The maximum atomic E-state index is 12.5. The number of H-pyrrole nitrogens is 1. The molecule has 1 aliphatic carbocycles. The Morgan fingerprint density at radius 2 is 1.96 bits per heavy atom. The highest BCUT2D eigenvalue weighted by Gasteiger charge is 2.29. The van der Waals surface area contributed by atoms with Gasteiger partial charge < -0.3 is 20.9 Å². The lowest BCUT2D eigenvalue weighted by Crippen LogP contribution is -2.48. The molecule has 0 aromatic carbocycles. The van der Waals surface area contributed by atoms with Crippen molar-refractivity contribution in [3.8, 4) is 0 Å². The van der Waals surface area contributed by atoms with Gasteiger partial charge in [0.1, 0.15) is 0 Å². The van der Waals surface area contributed by atoms with Crippen LogP contribution >= 0.6 is 0 Å². The van der Waals surface area contributed by atoms with Gasteiger partial charge in [-0.25, -0.2) is 4.79 Å². The SMILES string of the molecule is NC(=O)c1cc[nH]c1C1CCCN(C(=O)NC2CCCCC2)C1. The van der Waals surface area contributed by atoms with E-state index in [1.165, 1.54) is 19.3 Å². The third-order valence-corrected chi connectivity index (χ3v) is 5.09. The topological polar surface area (TPSA) is 91.2 Å². The van der Waals surface area contributed by atoms with Crippen LogP contribution in [0.15, 0.2) is 12.3 Å². The van der Waals surface area contributed by atoms with Crippen LogP contribution in [-0.2, 0) is 0 Å². The summed E-state index contributed by atoms with van der Waals surface area (Å²) < 4.78 is 0. The molecule has 1 saturated carbocycles. The summed E-state index contributed by atoms with van der Waals surface area (Å²) in [4.78, 5) is 29.0. The summed E-state index contributed by atoms with van der Waals surface area (Å²) in [6, 6.07) is 2.08. The van der Waals surface area contributed by atoms with Gasteiger partial charge in [-0.05, 0) is 31.7 Å². The number of piperidine rings is 1. The number of hydrogen-bond donors (Lipinski definition) is 3. The zero-order valence-corrected chi connectivity index (χ0v) is 13.5. The van der Waals surface area contributed by atoms with E-state index in [9.17, 15) is 9.59 Å². The van der Waals surface area contributed by atoms with Gasteiger partial charge in [-0.1, -0.05) is 19.3 Å². The molecule has 2 aliphatic rings. The first-order chi connectivity index (χ1) is 11.1. The molecule has 1 unspecified atom stereocenters. The predicted octanol–water partition coefficient (Wildman–Crippen LogP) is 2.34. The largest absolute Gasteiger partial charge is 0.366 e. The van der Waals surface area contributed by atoms with Gasteiger partial charge in [0.25, 0.3) is 5.91 Å². The lowest BCUT2D eigenvalue weighted by molar-refractivity contribution is 0.0998. The first kappa shape index (κ1) is 15.9. The summed E-state index contributed by atoms with van der Waals surface area (Å²) in [5, 5.41) is 3.18. The molecule has 126 valence electrons. The van der Waals surface area contributed by atoms with E-state index >= 15 is 0 Å². The summed E-state index contributed by atoms with van der Waals surface area (Å²) in [5.41, 5.74) is 6.85. The second kappa shape index (κ2) is 7.06. The molecule has 2 heterocycles. The highest BCUT2D eigenvalue weighted by atomic mass is 16.2. The lowest BCUT2D eigenvalue weighted by Gasteiger charge is -2.34. The van der Waals surface area contributed by atoms with Crippen LogP contribution in [-0.4, -0.2) is 41.0 Å². The Morgan fingerprint density at radius 1 is 1.17 bits per heavy atom. The van der Waals surface area contributed by atoms with Gasteiger partial charge in [-0.15, -0.1) is 0 Å². The number of aromatic amines is 1. The molecule has 0 radical (unpaired) electrons. The van der Waals surface area contributed by atoms with Crippen LogP contribution in [0.1, 0.15) is 66.9 Å². The number of amides is 3. The second-order valence-corrected chi connectivity index (χ2v) is 6.74. The van der Waals surface area contributed by atoms with E-state index in [4.69, 9.17) is 5.73 Å². The molecular weight excluding hydrogens is 292 g/mol. The van der Waals surface area contributed by atoms with Crippen LogP contribution in [0.2, 0.25) is 0 Å². The number of nitrogens with zero attached hydrogens (tertiary/aromatic N) is 1. The molecule has 1 atom stereocenters. The van der Waals surface area contributed by atoms with Crippen LogP contribution in [0.3, 0.4) is 0 Å². The van der Waals surface area contributed by atoms with Gasteiger partial charge in [-0.2, -0.15) is 0 Å². The average Bonchev–Trinajstić information content (AvgIpc) is 3.06. The third-order valence-electron chi connectivity index (χ3n) is 5.09. The standard InChI is InChI=1S/C17H26N4O2/c18-16(22)14-8-9-19-15(14)12-5-4-10-21(11-12)17(23)20-13-6-2-1-3-7-13/h8-9,12-13,19H,1-7,10-11H2,(H2,18,22)(H,20,23). The minimum absolute atomic E-state index is 0.0359. The number of carbonyl (C=O) groups is 2. The van der Waals surface area contributed by atoms with Crippen LogP contribution in [0.4, 0.5) is 4.79 Å². The van der Waals surface area contributed by atoms with Crippen LogP contribution in [0.5, 0.6) is 0 Å². The van der Waals surface area contributed by atoms with Crippen molar-refractivity contribution in [1.82, 2.24) is 15.2 Å². The van der Waals surface area contributed by atoms with Crippen molar-refractivity contribution in [1.29, 1.82) is 0 Å². The average molecular weight is 318 g/mol. The molecule has 3 amide bonds. The second-order valence-electron chi connectivity index (χ2n) is 6.74. The van der Waals surface area contributed by atoms with Gasteiger partial charge >= 0.3 is 6.03 Å². The highest BCUT2D eigenvalue weighted by Crippen LogP contribution is 2.28. The summed E-state index contributed by atoms with van der Waals surface area (Å²) in [6.07, 6.45) is 9.53. The van der Waals surface area contributed by atoms with Gasteiger partial charge in [0, 0.05) is 36.9 Å². The molecule has 3 rings (SSSR count). The number of rotatable bonds is 3. The van der Waals surface area contributed by atoms with E-state index < -0.39 is 5.91 Å². The van der Waals surface area contributed by atoms with Gasteiger partial charge in [0.05, 0.1) is 5.56 Å². The minimum atomic E-state index is -0.412. The summed E-state index contributed by atoms with van der Waals surface area (Å²) >= 11 is 0. The number of nitrogens with two attached hydrogens (primary N) is 1. The molecule has 1 saturated heterocycles. The van der Waals surface area contributed by atoms with Gasteiger partial charge in [-0.3, -0.25) is 4.79 Å². The molecular formula is C17H26N4O2. The monoisotopic (exact) mass is 318 g/mol. The highest BCUT2D eigenvalue weighted by molar-refractivity contribution is 5.94. The fourth-order valence-corrected chi connectivity index (χ4v) is 3.85.